The highest BCUT2D eigenvalue weighted by atomic mass is 35.5. The fraction of sp³-hybridized carbons (Fsp3) is 0.211. The first kappa shape index (κ1) is 21.1. The third-order valence-corrected chi connectivity index (χ3v) is 5.51. The Balaban J connectivity index is 1.58. The monoisotopic (exact) mass is 440 g/mol. The van der Waals surface area contributed by atoms with Gasteiger partial charge >= 0.3 is 5.97 Å². The third kappa shape index (κ3) is 5.04. The number of rotatable bonds is 5. The van der Waals surface area contributed by atoms with Crippen molar-refractivity contribution < 1.29 is 27.9 Å². The van der Waals surface area contributed by atoms with E-state index in [0.29, 0.717) is 10.7 Å². The van der Waals surface area contributed by atoms with Gasteiger partial charge in [-0.2, -0.15) is 0 Å². The third-order valence-electron chi connectivity index (χ3n) is 4.00. The highest BCUT2D eigenvalue weighted by molar-refractivity contribution is 8.01. The summed E-state index contributed by atoms with van der Waals surface area (Å²) in [6, 6.07) is 8.11. The molecule has 0 bridgehead atoms. The lowest BCUT2D eigenvalue weighted by molar-refractivity contribution is -0.153. The summed E-state index contributed by atoms with van der Waals surface area (Å²) in [7, 11) is 0. The number of hydrogen-bond acceptors (Lipinski definition) is 5. The molecule has 0 spiro atoms. The van der Waals surface area contributed by atoms with Crippen LogP contribution in [0.5, 0.6) is 0 Å². The number of nitrogens with one attached hydrogen (secondary N) is 2. The number of amides is 2. The lowest BCUT2D eigenvalue weighted by atomic mass is 10.2. The number of ether oxygens (including phenoxy) is 1. The van der Waals surface area contributed by atoms with Crippen molar-refractivity contribution in [2.75, 3.05) is 10.6 Å². The average Bonchev–Trinajstić information content (AvgIpc) is 2.65. The van der Waals surface area contributed by atoms with Gasteiger partial charge in [-0.1, -0.05) is 17.7 Å². The highest BCUT2D eigenvalue weighted by Crippen LogP contribution is 2.38. The summed E-state index contributed by atoms with van der Waals surface area (Å²) >= 11 is 7.06. The van der Waals surface area contributed by atoms with Crippen molar-refractivity contribution in [1.82, 2.24) is 0 Å². The molecule has 10 heteroatoms. The lowest BCUT2D eigenvalue weighted by Crippen LogP contribution is -2.34. The second-order valence-electron chi connectivity index (χ2n) is 6.16. The van der Waals surface area contributed by atoms with E-state index >= 15 is 0 Å². The quantitative estimate of drug-likeness (QED) is 0.687. The molecule has 0 fully saturated rings. The molecule has 2 aromatic carbocycles. The Bertz CT molecular complexity index is 968. The van der Waals surface area contributed by atoms with E-state index in [4.69, 9.17) is 16.3 Å². The Hall–Kier alpha value is -2.65. The predicted octanol–water partition coefficient (Wildman–Crippen LogP) is 3.99. The van der Waals surface area contributed by atoms with Crippen molar-refractivity contribution in [1.29, 1.82) is 0 Å². The smallest absolute Gasteiger partial charge is 0.308 e. The molecular formula is C19H15ClF2N2O4S. The number of anilines is 2. The zero-order chi connectivity index (χ0) is 21.1. The van der Waals surface area contributed by atoms with Crippen LogP contribution in [0.2, 0.25) is 5.02 Å². The largest absolute Gasteiger partial charge is 0.452 e. The summed E-state index contributed by atoms with van der Waals surface area (Å²) in [4.78, 5) is 37.2. The molecule has 2 unspecified atom stereocenters. The van der Waals surface area contributed by atoms with Gasteiger partial charge in [0.15, 0.2) is 6.10 Å². The SMILES string of the molecule is CC(OC(=O)CC1Sc2ccc(Cl)cc2NC1=O)C(=O)Nc1c(F)cccc1F. The Morgan fingerprint density at radius 3 is 2.66 bits per heavy atom. The van der Waals surface area contributed by atoms with Gasteiger partial charge in [0, 0.05) is 9.92 Å². The van der Waals surface area contributed by atoms with Gasteiger partial charge in [0.25, 0.3) is 5.91 Å². The zero-order valence-corrected chi connectivity index (χ0v) is 16.6. The van der Waals surface area contributed by atoms with Crippen LogP contribution in [-0.4, -0.2) is 29.1 Å². The van der Waals surface area contributed by atoms with Crippen molar-refractivity contribution in [3.05, 3.63) is 53.1 Å². The predicted molar refractivity (Wildman–Crippen MR) is 105 cm³/mol. The molecule has 152 valence electrons. The van der Waals surface area contributed by atoms with E-state index < -0.39 is 46.5 Å². The Labute approximate surface area is 173 Å². The van der Waals surface area contributed by atoms with Crippen LogP contribution >= 0.6 is 23.4 Å². The van der Waals surface area contributed by atoms with Crippen molar-refractivity contribution >= 4 is 52.5 Å². The van der Waals surface area contributed by atoms with E-state index in [0.717, 1.165) is 23.1 Å². The number of carbonyl (C=O) groups is 3. The van der Waals surface area contributed by atoms with E-state index in [2.05, 4.69) is 10.6 Å². The van der Waals surface area contributed by atoms with Crippen LogP contribution in [-0.2, 0) is 19.1 Å². The van der Waals surface area contributed by atoms with E-state index in [9.17, 15) is 23.2 Å². The van der Waals surface area contributed by atoms with Crippen LogP contribution in [0.15, 0.2) is 41.3 Å². The highest BCUT2D eigenvalue weighted by Gasteiger charge is 2.31. The van der Waals surface area contributed by atoms with Gasteiger partial charge in [-0.15, -0.1) is 11.8 Å². The second-order valence-corrected chi connectivity index (χ2v) is 7.84. The van der Waals surface area contributed by atoms with Crippen molar-refractivity contribution in [3.63, 3.8) is 0 Å². The molecule has 0 radical (unpaired) electrons. The maximum Gasteiger partial charge on any atom is 0.308 e. The second kappa shape index (κ2) is 8.79. The van der Waals surface area contributed by atoms with Crippen LogP contribution < -0.4 is 10.6 Å². The maximum absolute atomic E-state index is 13.6. The molecule has 3 rings (SSSR count). The summed E-state index contributed by atoms with van der Waals surface area (Å²) in [5, 5.41) is 4.43. The van der Waals surface area contributed by atoms with Gasteiger partial charge in [-0.3, -0.25) is 14.4 Å². The number of thioether (sulfide) groups is 1. The molecule has 1 heterocycles. The molecule has 29 heavy (non-hydrogen) atoms. The minimum Gasteiger partial charge on any atom is -0.452 e. The molecule has 0 aliphatic carbocycles. The van der Waals surface area contributed by atoms with E-state index in [-0.39, 0.29) is 6.42 Å². The van der Waals surface area contributed by atoms with Crippen molar-refractivity contribution in [3.8, 4) is 0 Å². The first-order valence-corrected chi connectivity index (χ1v) is 9.72. The molecular weight excluding hydrogens is 426 g/mol. The molecule has 0 aromatic heterocycles. The normalized spacial score (nSPS) is 16.4. The molecule has 0 saturated carbocycles. The van der Waals surface area contributed by atoms with Crippen molar-refractivity contribution in [2.45, 2.75) is 29.6 Å². The molecule has 2 aromatic rings. The van der Waals surface area contributed by atoms with Crippen LogP contribution in [0.3, 0.4) is 0 Å². The molecule has 6 nitrogen and oxygen atoms in total. The number of para-hydroxylation sites is 1. The van der Waals surface area contributed by atoms with Crippen LogP contribution in [0, 0.1) is 11.6 Å². The molecule has 0 saturated heterocycles. The first-order chi connectivity index (χ1) is 13.7. The summed E-state index contributed by atoms with van der Waals surface area (Å²) in [5.41, 5.74) is -0.0744. The standard InChI is InChI=1S/C19H15ClF2N2O4S/c1-9(18(26)24-17-11(21)3-2-4-12(17)22)28-16(25)8-15-19(27)23-13-7-10(20)5-6-14(13)29-15/h2-7,9,15H,8H2,1H3,(H,23,27)(H,24,26). The number of esters is 1. The van der Waals surface area contributed by atoms with E-state index in [1.807, 2.05) is 0 Å². The molecule has 2 N–H and O–H groups in total. The molecule has 1 aliphatic heterocycles. The van der Waals surface area contributed by atoms with Gasteiger partial charge in [0.1, 0.15) is 17.3 Å². The fourth-order valence-electron chi connectivity index (χ4n) is 2.55. The molecule has 2 amide bonds. The summed E-state index contributed by atoms with van der Waals surface area (Å²) in [5.74, 6) is -4.00. The maximum atomic E-state index is 13.6. The number of benzene rings is 2. The number of fused-ring (bicyclic) bond motifs is 1. The lowest BCUT2D eigenvalue weighted by Gasteiger charge is -2.24. The summed E-state index contributed by atoms with van der Waals surface area (Å²) in [6.45, 7) is 1.26. The summed E-state index contributed by atoms with van der Waals surface area (Å²) < 4.78 is 32.2. The minimum absolute atomic E-state index is 0.287. The van der Waals surface area contributed by atoms with E-state index in [1.54, 1.807) is 18.2 Å². The first-order valence-electron chi connectivity index (χ1n) is 8.46. The molecule has 1 aliphatic rings. The van der Waals surface area contributed by atoms with Gasteiger partial charge in [-0.05, 0) is 37.3 Å². The van der Waals surface area contributed by atoms with Gasteiger partial charge in [-0.25, -0.2) is 8.78 Å². The number of carbonyl (C=O) groups excluding carboxylic acids is 3. The number of halogens is 3. The fourth-order valence-corrected chi connectivity index (χ4v) is 3.80. The Kier molecular flexibility index (Phi) is 6.39. The topological polar surface area (TPSA) is 84.5 Å². The average molecular weight is 441 g/mol. The summed E-state index contributed by atoms with van der Waals surface area (Å²) in [6.07, 6.45) is -1.60. The Morgan fingerprint density at radius 2 is 1.97 bits per heavy atom. The van der Waals surface area contributed by atoms with Gasteiger partial charge < -0.3 is 15.4 Å². The number of hydrogen-bond donors (Lipinski definition) is 2. The molecule has 2 atom stereocenters. The van der Waals surface area contributed by atoms with Gasteiger partial charge in [0.2, 0.25) is 5.91 Å². The zero-order valence-electron chi connectivity index (χ0n) is 15.0. The van der Waals surface area contributed by atoms with Crippen LogP contribution in [0.1, 0.15) is 13.3 Å². The van der Waals surface area contributed by atoms with Crippen LogP contribution in [0.4, 0.5) is 20.2 Å². The van der Waals surface area contributed by atoms with Crippen molar-refractivity contribution in [2.24, 2.45) is 0 Å². The van der Waals surface area contributed by atoms with Gasteiger partial charge in [0.05, 0.1) is 17.4 Å². The van der Waals surface area contributed by atoms with Crippen LogP contribution in [0.25, 0.3) is 0 Å². The van der Waals surface area contributed by atoms with E-state index in [1.165, 1.54) is 18.7 Å². The Morgan fingerprint density at radius 1 is 1.28 bits per heavy atom. The minimum atomic E-state index is -1.32.